The molecule has 0 saturated carbocycles. The second-order valence-corrected chi connectivity index (χ2v) is 5.02. The van der Waals surface area contributed by atoms with E-state index >= 15 is 0 Å². The fourth-order valence-electron chi connectivity index (χ4n) is 1.47. The van der Waals surface area contributed by atoms with Crippen LogP contribution >= 0.6 is 0 Å². The first-order valence-electron chi connectivity index (χ1n) is 5.55. The van der Waals surface area contributed by atoms with Gasteiger partial charge in [-0.15, -0.1) is 0 Å². The molecule has 2 aromatic rings. The lowest BCUT2D eigenvalue weighted by atomic mass is 9.93. The van der Waals surface area contributed by atoms with Gasteiger partial charge < -0.3 is 4.52 Å². The van der Waals surface area contributed by atoms with Gasteiger partial charge in [-0.1, -0.05) is 56.3 Å². The largest absolute Gasteiger partial charge is 0.360 e. The number of nitrogens with zero attached hydrogens (tertiary/aromatic N) is 1. The Morgan fingerprint density at radius 1 is 1.18 bits per heavy atom. The molecule has 0 fully saturated rings. The summed E-state index contributed by atoms with van der Waals surface area (Å²) in [6.45, 7) is 6.05. The zero-order chi connectivity index (χ0) is 12.5. The van der Waals surface area contributed by atoms with Crippen LogP contribution in [0.2, 0.25) is 0 Å². The van der Waals surface area contributed by atoms with Gasteiger partial charge in [0, 0.05) is 17.0 Å². The highest BCUT2D eigenvalue weighted by Gasteiger charge is 2.22. The standard InChI is InChI=1S/C14H15NO2/c1-14(2,3)12-9-11(15-17-12)13(16)10-7-5-4-6-8-10/h4-9H,1-3H3. The molecule has 3 nitrogen and oxygen atoms in total. The highest BCUT2D eigenvalue weighted by Crippen LogP contribution is 2.23. The molecule has 2 rings (SSSR count). The van der Waals surface area contributed by atoms with Crippen LogP contribution in [0.4, 0.5) is 0 Å². The van der Waals surface area contributed by atoms with Crippen molar-refractivity contribution in [2.75, 3.05) is 0 Å². The quantitative estimate of drug-likeness (QED) is 0.743. The molecule has 1 aromatic heterocycles. The normalized spacial score (nSPS) is 11.5. The lowest BCUT2D eigenvalue weighted by Gasteiger charge is -2.12. The van der Waals surface area contributed by atoms with E-state index in [1.54, 1.807) is 18.2 Å². The third kappa shape index (κ3) is 2.44. The van der Waals surface area contributed by atoms with E-state index in [-0.39, 0.29) is 11.2 Å². The van der Waals surface area contributed by atoms with Crippen molar-refractivity contribution in [3.8, 4) is 0 Å². The number of ketones is 1. The average molecular weight is 229 g/mol. The second-order valence-electron chi connectivity index (χ2n) is 5.02. The Balaban J connectivity index is 2.30. The van der Waals surface area contributed by atoms with E-state index in [4.69, 9.17) is 4.52 Å². The Labute approximate surface area is 100 Å². The van der Waals surface area contributed by atoms with Crippen LogP contribution in [0.15, 0.2) is 40.9 Å². The number of carbonyl (C=O) groups is 1. The number of aromatic nitrogens is 1. The smallest absolute Gasteiger partial charge is 0.214 e. The summed E-state index contributed by atoms with van der Waals surface area (Å²) in [7, 11) is 0. The number of carbonyl (C=O) groups excluding carboxylic acids is 1. The van der Waals surface area contributed by atoms with Crippen molar-refractivity contribution >= 4 is 5.78 Å². The average Bonchev–Trinajstić information content (AvgIpc) is 2.78. The Morgan fingerprint density at radius 3 is 2.35 bits per heavy atom. The van der Waals surface area contributed by atoms with Gasteiger partial charge in [-0.05, 0) is 0 Å². The van der Waals surface area contributed by atoms with E-state index in [0.717, 1.165) is 5.76 Å². The Bertz CT molecular complexity index is 521. The minimum Gasteiger partial charge on any atom is -0.360 e. The maximum Gasteiger partial charge on any atom is 0.214 e. The molecule has 0 spiro atoms. The summed E-state index contributed by atoms with van der Waals surface area (Å²) in [5.41, 5.74) is 0.852. The van der Waals surface area contributed by atoms with E-state index in [0.29, 0.717) is 11.3 Å². The van der Waals surface area contributed by atoms with Gasteiger partial charge in [0.2, 0.25) is 5.78 Å². The highest BCUT2D eigenvalue weighted by atomic mass is 16.5. The number of hydrogen-bond acceptors (Lipinski definition) is 3. The molecule has 0 aliphatic rings. The van der Waals surface area contributed by atoms with E-state index < -0.39 is 0 Å². The molecule has 1 heterocycles. The molecule has 0 unspecified atom stereocenters. The van der Waals surface area contributed by atoms with Crippen LogP contribution in [0.1, 0.15) is 42.6 Å². The predicted molar refractivity (Wildman–Crippen MR) is 65.1 cm³/mol. The maximum atomic E-state index is 12.1. The van der Waals surface area contributed by atoms with Gasteiger partial charge in [-0.3, -0.25) is 4.79 Å². The molecule has 0 amide bonds. The Kier molecular flexibility index (Phi) is 2.84. The molecule has 0 N–H and O–H groups in total. The summed E-state index contributed by atoms with van der Waals surface area (Å²) >= 11 is 0. The summed E-state index contributed by atoms with van der Waals surface area (Å²) < 4.78 is 5.20. The van der Waals surface area contributed by atoms with Crippen molar-refractivity contribution in [2.45, 2.75) is 26.2 Å². The van der Waals surface area contributed by atoms with Gasteiger partial charge in [0.1, 0.15) is 5.76 Å². The van der Waals surface area contributed by atoms with Crippen LogP contribution in [-0.2, 0) is 5.41 Å². The zero-order valence-corrected chi connectivity index (χ0v) is 10.2. The third-order valence-corrected chi connectivity index (χ3v) is 2.52. The first-order chi connectivity index (χ1) is 7.98. The van der Waals surface area contributed by atoms with Crippen LogP contribution in [0, 0.1) is 0 Å². The fraction of sp³-hybridized carbons (Fsp3) is 0.286. The first kappa shape index (κ1) is 11.6. The van der Waals surface area contributed by atoms with Crippen LogP contribution in [-0.4, -0.2) is 10.9 Å². The molecule has 0 saturated heterocycles. The second kappa shape index (κ2) is 4.17. The first-order valence-corrected chi connectivity index (χ1v) is 5.55. The maximum absolute atomic E-state index is 12.1. The molecule has 0 atom stereocenters. The number of hydrogen-bond donors (Lipinski definition) is 0. The third-order valence-electron chi connectivity index (χ3n) is 2.52. The summed E-state index contributed by atoms with van der Waals surface area (Å²) in [6.07, 6.45) is 0. The molecule has 1 aromatic carbocycles. The van der Waals surface area contributed by atoms with E-state index in [1.807, 2.05) is 39.0 Å². The molecule has 0 bridgehead atoms. The van der Waals surface area contributed by atoms with Crippen molar-refractivity contribution in [1.29, 1.82) is 0 Å². The molecule has 17 heavy (non-hydrogen) atoms. The van der Waals surface area contributed by atoms with Crippen molar-refractivity contribution in [2.24, 2.45) is 0 Å². The Morgan fingerprint density at radius 2 is 1.82 bits per heavy atom. The minimum atomic E-state index is -0.137. The topological polar surface area (TPSA) is 43.1 Å². The molecule has 3 heteroatoms. The zero-order valence-electron chi connectivity index (χ0n) is 10.2. The van der Waals surface area contributed by atoms with Gasteiger partial charge in [-0.2, -0.15) is 0 Å². The van der Waals surface area contributed by atoms with Crippen LogP contribution < -0.4 is 0 Å². The number of benzene rings is 1. The van der Waals surface area contributed by atoms with E-state index in [2.05, 4.69) is 5.16 Å². The Hall–Kier alpha value is -1.90. The van der Waals surface area contributed by atoms with E-state index in [9.17, 15) is 4.79 Å². The predicted octanol–water partition coefficient (Wildman–Crippen LogP) is 3.20. The monoisotopic (exact) mass is 229 g/mol. The number of rotatable bonds is 2. The SMILES string of the molecule is CC(C)(C)c1cc(C(=O)c2ccccc2)no1. The van der Waals surface area contributed by atoms with Gasteiger partial charge >= 0.3 is 0 Å². The summed E-state index contributed by atoms with van der Waals surface area (Å²) in [5, 5.41) is 3.83. The summed E-state index contributed by atoms with van der Waals surface area (Å²) in [5.74, 6) is 0.613. The van der Waals surface area contributed by atoms with Gasteiger partial charge in [0.25, 0.3) is 0 Å². The van der Waals surface area contributed by atoms with Crippen molar-refractivity contribution in [1.82, 2.24) is 5.16 Å². The molecule has 0 aliphatic carbocycles. The fourth-order valence-corrected chi connectivity index (χ4v) is 1.47. The van der Waals surface area contributed by atoms with Gasteiger partial charge in [0.05, 0.1) is 0 Å². The molecule has 0 radical (unpaired) electrons. The summed E-state index contributed by atoms with van der Waals surface area (Å²) in [6, 6.07) is 10.8. The molecular weight excluding hydrogens is 214 g/mol. The molecule has 88 valence electrons. The molecular formula is C14H15NO2. The lowest BCUT2D eigenvalue weighted by Crippen LogP contribution is -2.09. The van der Waals surface area contributed by atoms with E-state index in [1.165, 1.54) is 0 Å². The van der Waals surface area contributed by atoms with Crippen LogP contribution in [0.5, 0.6) is 0 Å². The van der Waals surface area contributed by atoms with Gasteiger partial charge in [-0.25, -0.2) is 0 Å². The lowest BCUT2D eigenvalue weighted by molar-refractivity contribution is 0.103. The highest BCUT2D eigenvalue weighted by molar-refractivity contribution is 6.07. The van der Waals surface area contributed by atoms with Crippen molar-refractivity contribution in [3.05, 3.63) is 53.4 Å². The van der Waals surface area contributed by atoms with Crippen LogP contribution in [0.3, 0.4) is 0 Å². The summed E-state index contributed by atoms with van der Waals surface area (Å²) in [4.78, 5) is 12.1. The minimum absolute atomic E-state index is 0.107. The molecule has 0 aliphatic heterocycles. The van der Waals surface area contributed by atoms with Crippen molar-refractivity contribution in [3.63, 3.8) is 0 Å². The van der Waals surface area contributed by atoms with Crippen molar-refractivity contribution < 1.29 is 9.32 Å². The van der Waals surface area contributed by atoms with Gasteiger partial charge in [0.15, 0.2) is 5.69 Å². The van der Waals surface area contributed by atoms with Crippen LogP contribution in [0.25, 0.3) is 0 Å².